The maximum absolute atomic E-state index is 13.2. The van der Waals surface area contributed by atoms with Crippen molar-refractivity contribution >= 4 is 10.0 Å². The van der Waals surface area contributed by atoms with Gasteiger partial charge in [0.05, 0.1) is 10.8 Å². The van der Waals surface area contributed by atoms with E-state index in [0.29, 0.717) is 36.8 Å². The molecule has 1 fully saturated rings. The van der Waals surface area contributed by atoms with Crippen LogP contribution in [0.3, 0.4) is 0 Å². The Kier molecular flexibility index (Phi) is 3.73. The molecule has 2 aromatic rings. The van der Waals surface area contributed by atoms with Gasteiger partial charge in [0.25, 0.3) is 0 Å². The summed E-state index contributed by atoms with van der Waals surface area (Å²) in [4.78, 5) is 4.30. The molecule has 0 bridgehead atoms. The van der Waals surface area contributed by atoms with Gasteiger partial charge in [-0.15, -0.1) is 0 Å². The first-order valence-corrected chi connectivity index (χ1v) is 8.38. The van der Waals surface area contributed by atoms with Crippen LogP contribution in [0.15, 0.2) is 27.6 Å². The van der Waals surface area contributed by atoms with Gasteiger partial charge in [0.2, 0.25) is 15.9 Å². The lowest BCUT2D eigenvalue weighted by molar-refractivity contribution is 0.351. The Labute approximate surface area is 128 Å². The zero-order valence-electron chi connectivity index (χ0n) is 12.3. The zero-order valence-corrected chi connectivity index (χ0v) is 13.1. The van der Waals surface area contributed by atoms with Crippen molar-refractivity contribution in [1.82, 2.24) is 14.4 Å². The van der Waals surface area contributed by atoms with Crippen molar-refractivity contribution in [3.63, 3.8) is 0 Å². The van der Waals surface area contributed by atoms with Gasteiger partial charge in [0.15, 0.2) is 5.82 Å². The predicted octanol–water partition coefficient (Wildman–Crippen LogP) is 2.00. The quantitative estimate of drug-likeness (QED) is 0.863. The third kappa shape index (κ3) is 2.64. The number of benzene rings is 1. The second-order valence-corrected chi connectivity index (χ2v) is 7.34. The topological polar surface area (TPSA) is 76.3 Å². The summed E-state index contributed by atoms with van der Waals surface area (Å²) in [6.07, 6.45) is 0.626. The number of nitrogens with zero attached hydrogens (tertiary/aromatic N) is 3. The summed E-state index contributed by atoms with van der Waals surface area (Å²) in [6.45, 7) is 3.98. The van der Waals surface area contributed by atoms with Gasteiger partial charge in [0.1, 0.15) is 5.82 Å². The van der Waals surface area contributed by atoms with Gasteiger partial charge in [-0.05, 0) is 44.0 Å². The van der Waals surface area contributed by atoms with E-state index in [1.807, 2.05) is 0 Å². The lowest BCUT2D eigenvalue weighted by Crippen LogP contribution is -2.29. The summed E-state index contributed by atoms with van der Waals surface area (Å²) in [6, 6.07) is 3.70. The van der Waals surface area contributed by atoms with Crippen molar-refractivity contribution in [2.75, 3.05) is 13.1 Å². The Hall–Kier alpha value is -1.80. The van der Waals surface area contributed by atoms with Crippen molar-refractivity contribution in [2.45, 2.75) is 31.1 Å². The fourth-order valence-electron chi connectivity index (χ4n) is 2.67. The highest BCUT2D eigenvalue weighted by Crippen LogP contribution is 2.31. The van der Waals surface area contributed by atoms with Crippen LogP contribution >= 0.6 is 0 Å². The molecule has 22 heavy (non-hydrogen) atoms. The molecule has 0 radical (unpaired) electrons. The summed E-state index contributed by atoms with van der Waals surface area (Å²) >= 11 is 0. The number of rotatable bonds is 3. The molecule has 0 unspecified atom stereocenters. The molecule has 118 valence electrons. The molecule has 2 heterocycles. The fourth-order valence-corrected chi connectivity index (χ4v) is 4.37. The van der Waals surface area contributed by atoms with Crippen molar-refractivity contribution in [3.8, 4) is 0 Å². The van der Waals surface area contributed by atoms with Gasteiger partial charge in [-0.1, -0.05) is 5.16 Å². The third-order valence-corrected chi connectivity index (χ3v) is 5.82. The zero-order chi connectivity index (χ0) is 15.9. The van der Waals surface area contributed by atoms with Crippen molar-refractivity contribution in [1.29, 1.82) is 0 Å². The average Bonchev–Trinajstić information content (AvgIpc) is 3.06. The number of halogens is 1. The number of hydrogen-bond donors (Lipinski definition) is 0. The molecule has 0 spiro atoms. The number of aromatic nitrogens is 2. The van der Waals surface area contributed by atoms with Crippen molar-refractivity contribution in [2.24, 2.45) is 0 Å². The van der Waals surface area contributed by atoms with Gasteiger partial charge >= 0.3 is 0 Å². The molecule has 1 aliphatic rings. The molecule has 1 aromatic carbocycles. The van der Waals surface area contributed by atoms with E-state index < -0.39 is 15.8 Å². The highest BCUT2D eigenvalue weighted by molar-refractivity contribution is 7.89. The molecular formula is C14H16FN3O3S. The molecule has 0 aliphatic carbocycles. The largest absolute Gasteiger partial charge is 0.339 e. The minimum absolute atomic E-state index is 0.100. The third-order valence-electron chi connectivity index (χ3n) is 3.80. The van der Waals surface area contributed by atoms with E-state index in [-0.39, 0.29) is 10.8 Å². The van der Waals surface area contributed by atoms with E-state index >= 15 is 0 Å². The molecule has 6 nitrogen and oxygen atoms in total. The van der Waals surface area contributed by atoms with E-state index in [0.717, 1.165) is 6.07 Å². The predicted molar refractivity (Wildman–Crippen MR) is 76.3 cm³/mol. The molecule has 1 aromatic heterocycles. The molecule has 1 saturated heterocycles. The molecule has 3 rings (SSSR count). The highest BCUT2D eigenvalue weighted by atomic mass is 32.2. The Balaban J connectivity index is 1.85. The highest BCUT2D eigenvalue weighted by Gasteiger charge is 2.36. The molecule has 0 amide bonds. The molecule has 1 aliphatic heterocycles. The van der Waals surface area contributed by atoms with Gasteiger partial charge < -0.3 is 4.52 Å². The minimum Gasteiger partial charge on any atom is -0.339 e. The lowest BCUT2D eigenvalue weighted by atomic mass is 10.1. The Bertz CT molecular complexity index is 803. The maximum Gasteiger partial charge on any atom is 0.243 e. The smallest absolute Gasteiger partial charge is 0.243 e. The number of hydrogen-bond acceptors (Lipinski definition) is 5. The van der Waals surface area contributed by atoms with Crippen molar-refractivity contribution < 1.29 is 17.3 Å². The molecular weight excluding hydrogens is 309 g/mol. The number of sulfonamides is 1. The summed E-state index contributed by atoms with van der Waals surface area (Å²) in [5, 5.41) is 3.73. The van der Waals surface area contributed by atoms with Gasteiger partial charge in [-0.3, -0.25) is 0 Å². The van der Waals surface area contributed by atoms with Crippen LogP contribution in [0.5, 0.6) is 0 Å². The summed E-state index contributed by atoms with van der Waals surface area (Å²) < 4.78 is 45.0. The average molecular weight is 325 g/mol. The molecule has 1 atom stereocenters. The number of aryl methyl sites for hydroxylation is 2. The van der Waals surface area contributed by atoms with Crippen LogP contribution in [0.2, 0.25) is 0 Å². The minimum atomic E-state index is -3.64. The van der Waals surface area contributed by atoms with Gasteiger partial charge in [-0.2, -0.15) is 9.29 Å². The van der Waals surface area contributed by atoms with Crippen LogP contribution in [0.1, 0.15) is 29.6 Å². The van der Waals surface area contributed by atoms with E-state index in [1.165, 1.54) is 16.4 Å². The monoisotopic (exact) mass is 325 g/mol. The van der Waals surface area contributed by atoms with E-state index in [4.69, 9.17) is 4.52 Å². The van der Waals surface area contributed by atoms with E-state index in [2.05, 4.69) is 10.1 Å². The Morgan fingerprint density at radius 1 is 1.36 bits per heavy atom. The SMILES string of the molecule is Cc1noc([C@H]2CCN(S(=O)(=O)c3ccc(F)cc3C)C2)n1. The normalized spacial score (nSPS) is 19.7. The lowest BCUT2D eigenvalue weighted by Gasteiger charge is -2.17. The van der Waals surface area contributed by atoms with Crippen LogP contribution in [0.25, 0.3) is 0 Å². The summed E-state index contributed by atoms with van der Waals surface area (Å²) in [5.74, 6) is 0.450. The van der Waals surface area contributed by atoms with E-state index in [1.54, 1.807) is 13.8 Å². The van der Waals surface area contributed by atoms with Crippen molar-refractivity contribution in [3.05, 3.63) is 41.3 Å². The summed E-state index contributed by atoms with van der Waals surface area (Å²) in [5.41, 5.74) is 0.400. The Morgan fingerprint density at radius 3 is 2.77 bits per heavy atom. The second kappa shape index (κ2) is 5.44. The van der Waals surface area contributed by atoms with Gasteiger partial charge in [0, 0.05) is 13.1 Å². The summed E-state index contributed by atoms with van der Waals surface area (Å²) in [7, 11) is -3.64. The Morgan fingerprint density at radius 2 is 2.14 bits per heavy atom. The van der Waals surface area contributed by atoms with Crippen LogP contribution in [-0.4, -0.2) is 36.0 Å². The van der Waals surface area contributed by atoms with Crippen LogP contribution in [0.4, 0.5) is 4.39 Å². The first-order chi connectivity index (χ1) is 10.4. The van der Waals surface area contributed by atoms with E-state index in [9.17, 15) is 12.8 Å². The van der Waals surface area contributed by atoms with Crippen LogP contribution in [0, 0.1) is 19.7 Å². The standard InChI is InChI=1S/C14H16FN3O3S/c1-9-7-12(15)3-4-13(9)22(19,20)18-6-5-11(8-18)14-16-10(2)17-21-14/h3-4,7,11H,5-6,8H2,1-2H3/t11-/m0/s1. The van der Waals surface area contributed by atoms with Crippen LogP contribution in [-0.2, 0) is 10.0 Å². The molecule has 0 N–H and O–H groups in total. The fraction of sp³-hybridized carbons (Fsp3) is 0.429. The second-order valence-electron chi connectivity index (χ2n) is 5.44. The maximum atomic E-state index is 13.2. The first kappa shape index (κ1) is 15.1. The van der Waals surface area contributed by atoms with Crippen LogP contribution < -0.4 is 0 Å². The molecule has 0 saturated carbocycles. The van der Waals surface area contributed by atoms with Gasteiger partial charge in [-0.25, -0.2) is 12.8 Å². The molecule has 8 heteroatoms. The first-order valence-electron chi connectivity index (χ1n) is 6.94.